The van der Waals surface area contributed by atoms with E-state index in [1.807, 2.05) is 18.2 Å². The molecule has 2 aromatic carbocycles. The summed E-state index contributed by atoms with van der Waals surface area (Å²) in [5.74, 6) is 0. The molecule has 0 fully saturated rings. The minimum absolute atomic E-state index is 0.160. The SMILES string of the molecule is NC1CC(Nc2ccccc2)c2ccccc21. The Morgan fingerprint density at radius 3 is 2.29 bits per heavy atom. The van der Waals surface area contributed by atoms with Crippen molar-refractivity contribution in [3.63, 3.8) is 0 Å². The molecule has 2 unspecified atom stereocenters. The van der Waals surface area contributed by atoms with Crippen molar-refractivity contribution in [2.75, 3.05) is 5.32 Å². The van der Waals surface area contributed by atoms with Crippen molar-refractivity contribution in [3.8, 4) is 0 Å². The molecule has 2 aromatic rings. The highest BCUT2D eigenvalue weighted by Crippen LogP contribution is 2.38. The number of anilines is 1. The normalized spacial score (nSPS) is 22.2. The predicted octanol–water partition coefficient (Wildman–Crippen LogP) is 3.24. The maximum Gasteiger partial charge on any atom is 0.0535 e. The topological polar surface area (TPSA) is 38.0 Å². The fraction of sp³-hybridized carbons (Fsp3) is 0.200. The summed E-state index contributed by atoms with van der Waals surface area (Å²) < 4.78 is 0. The number of nitrogens with two attached hydrogens (primary N) is 1. The van der Waals surface area contributed by atoms with E-state index < -0.39 is 0 Å². The lowest BCUT2D eigenvalue weighted by atomic mass is 10.1. The number of fused-ring (bicyclic) bond motifs is 1. The van der Waals surface area contributed by atoms with Crippen LogP contribution in [-0.2, 0) is 0 Å². The average molecular weight is 224 g/mol. The second-order valence-electron chi connectivity index (χ2n) is 4.53. The van der Waals surface area contributed by atoms with Gasteiger partial charge in [0.2, 0.25) is 0 Å². The average Bonchev–Trinajstić information content (AvgIpc) is 2.69. The lowest BCUT2D eigenvalue weighted by Gasteiger charge is -2.15. The molecule has 0 spiro atoms. The highest BCUT2D eigenvalue weighted by Gasteiger charge is 2.27. The Kier molecular flexibility index (Phi) is 2.57. The third-order valence-electron chi connectivity index (χ3n) is 3.38. The van der Waals surface area contributed by atoms with E-state index >= 15 is 0 Å². The summed E-state index contributed by atoms with van der Waals surface area (Å²) in [6.07, 6.45) is 0.967. The van der Waals surface area contributed by atoms with Crippen LogP contribution in [0.15, 0.2) is 54.6 Å². The van der Waals surface area contributed by atoms with E-state index in [0.29, 0.717) is 6.04 Å². The van der Waals surface area contributed by atoms with Gasteiger partial charge in [0.15, 0.2) is 0 Å². The van der Waals surface area contributed by atoms with Crippen molar-refractivity contribution in [2.45, 2.75) is 18.5 Å². The molecule has 0 radical (unpaired) electrons. The fourth-order valence-corrected chi connectivity index (χ4v) is 2.55. The van der Waals surface area contributed by atoms with Gasteiger partial charge in [-0.2, -0.15) is 0 Å². The van der Waals surface area contributed by atoms with Crippen molar-refractivity contribution in [1.29, 1.82) is 0 Å². The highest BCUT2D eigenvalue weighted by atomic mass is 14.9. The number of benzene rings is 2. The van der Waals surface area contributed by atoms with Crippen molar-refractivity contribution in [1.82, 2.24) is 0 Å². The first-order valence-electron chi connectivity index (χ1n) is 6.00. The van der Waals surface area contributed by atoms with Crippen LogP contribution in [0.1, 0.15) is 29.6 Å². The standard InChI is InChI=1S/C15H16N2/c16-14-10-15(13-9-5-4-8-12(13)14)17-11-6-2-1-3-7-11/h1-9,14-15,17H,10,16H2. The molecule has 0 heterocycles. The van der Waals surface area contributed by atoms with Gasteiger partial charge >= 0.3 is 0 Å². The van der Waals surface area contributed by atoms with Crippen LogP contribution in [0, 0.1) is 0 Å². The number of hydrogen-bond acceptors (Lipinski definition) is 2. The Bertz CT molecular complexity index is 507. The monoisotopic (exact) mass is 224 g/mol. The second kappa shape index (κ2) is 4.22. The number of para-hydroxylation sites is 1. The van der Waals surface area contributed by atoms with Crippen LogP contribution >= 0.6 is 0 Å². The lowest BCUT2D eigenvalue weighted by molar-refractivity contribution is 0.648. The summed E-state index contributed by atoms with van der Waals surface area (Å²) in [5, 5.41) is 3.55. The number of nitrogens with one attached hydrogen (secondary N) is 1. The van der Waals surface area contributed by atoms with E-state index in [1.165, 1.54) is 11.1 Å². The molecule has 2 heteroatoms. The van der Waals surface area contributed by atoms with Crippen molar-refractivity contribution >= 4 is 5.69 Å². The third-order valence-corrected chi connectivity index (χ3v) is 3.38. The van der Waals surface area contributed by atoms with Crippen LogP contribution in [0.2, 0.25) is 0 Å². The minimum atomic E-state index is 0.160. The van der Waals surface area contributed by atoms with Crippen LogP contribution in [0.3, 0.4) is 0 Å². The largest absolute Gasteiger partial charge is 0.378 e. The Morgan fingerprint density at radius 2 is 1.53 bits per heavy atom. The lowest BCUT2D eigenvalue weighted by Crippen LogP contribution is -2.09. The maximum absolute atomic E-state index is 6.15. The first-order valence-corrected chi connectivity index (χ1v) is 6.00. The van der Waals surface area contributed by atoms with Crippen LogP contribution < -0.4 is 11.1 Å². The molecule has 3 N–H and O–H groups in total. The highest BCUT2D eigenvalue weighted by molar-refractivity contribution is 5.48. The zero-order valence-corrected chi connectivity index (χ0v) is 9.64. The molecule has 1 aliphatic carbocycles. The van der Waals surface area contributed by atoms with E-state index in [-0.39, 0.29) is 6.04 Å². The third kappa shape index (κ3) is 1.92. The van der Waals surface area contributed by atoms with Crippen LogP contribution in [0.25, 0.3) is 0 Å². The van der Waals surface area contributed by atoms with E-state index in [2.05, 4.69) is 41.7 Å². The Balaban J connectivity index is 1.87. The van der Waals surface area contributed by atoms with E-state index in [4.69, 9.17) is 5.73 Å². The number of rotatable bonds is 2. The molecular formula is C15H16N2. The van der Waals surface area contributed by atoms with E-state index in [9.17, 15) is 0 Å². The summed E-state index contributed by atoms with van der Waals surface area (Å²) in [6.45, 7) is 0. The van der Waals surface area contributed by atoms with Crippen LogP contribution in [0.5, 0.6) is 0 Å². The molecule has 2 atom stereocenters. The van der Waals surface area contributed by atoms with Crippen molar-refractivity contribution in [3.05, 3.63) is 65.7 Å². The molecule has 0 bridgehead atoms. The van der Waals surface area contributed by atoms with Crippen LogP contribution in [-0.4, -0.2) is 0 Å². The first kappa shape index (κ1) is 10.4. The summed E-state index contributed by atoms with van der Waals surface area (Å²) in [5.41, 5.74) is 9.92. The molecular weight excluding hydrogens is 208 g/mol. The molecule has 1 aliphatic rings. The van der Waals surface area contributed by atoms with Gasteiger partial charge in [0.05, 0.1) is 6.04 Å². The van der Waals surface area contributed by atoms with Crippen molar-refractivity contribution in [2.24, 2.45) is 5.73 Å². The Labute approximate surface area is 101 Å². The summed E-state index contributed by atoms with van der Waals surface area (Å²) in [7, 11) is 0. The van der Waals surface area contributed by atoms with Gasteiger partial charge < -0.3 is 11.1 Å². The summed E-state index contributed by atoms with van der Waals surface area (Å²) >= 11 is 0. The first-order chi connectivity index (χ1) is 8.34. The van der Waals surface area contributed by atoms with E-state index in [0.717, 1.165) is 12.1 Å². The fourth-order valence-electron chi connectivity index (χ4n) is 2.55. The van der Waals surface area contributed by atoms with Gasteiger partial charge in [0.25, 0.3) is 0 Å². The second-order valence-corrected chi connectivity index (χ2v) is 4.53. The van der Waals surface area contributed by atoms with Crippen molar-refractivity contribution < 1.29 is 0 Å². The molecule has 0 saturated carbocycles. The number of hydrogen-bond donors (Lipinski definition) is 2. The van der Waals surface area contributed by atoms with Gasteiger partial charge in [0.1, 0.15) is 0 Å². The maximum atomic E-state index is 6.15. The van der Waals surface area contributed by atoms with Gasteiger partial charge in [-0.15, -0.1) is 0 Å². The molecule has 17 heavy (non-hydrogen) atoms. The van der Waals surface area contributed by atoms with Gasteiger partial charge in [-0.3, -0.25) is 0 Å². The van der Waals surface area contributed by atoms with Gasteiger partial charge in [-0.25, -0.2) is 0 Å². The zero-order chi connectivity index (χ0) is 11.7. The molecule has 2 nitrogen and oxygen atoms in total. The Hall–Kier alpha value is -1.80. The quantitative estimate of drug-likeness (QED) is 0.821. The summed E-state index contributed by atoms with van der Waals surface area (Å²) in [4.78, 5) is 0. The van der Waals surface area contributed by atoms with Gasteiger partial charge in [-0.1, -0.05) is 42.5 Å². The zero-order valence-electron chi connectivity index (χ0n) is 9.64. The molecule has 3 rings (SSSR count). The smallest absolute Gasteiger partial charge is 0.0535 e. The van der Waals surface area contributed by atoms with Gasteiger partial charge in [0, 0.05) is 11.7 Å². The Morgan fingerprint density at radius 1 is 0.882 bits per heavy atom. The molecule has 0 aliphatic heterocycles. The minimum Gasteiger partial charge on any atom is -0.378 e. The van der Waals surface area contributed by atoms with Crippen LogP contribution in [0.4, 0.5) is 5.69 Å². The van der Waals surface area contributed by atoms with E-state index in [1.54, 1.807) is 0 Å². The molecule has 0 amide bonds. The van der Waals surface area contributed by atoms with Gasteiger partial charge in [-0.05, 0) is 29.7 Å². The molecule has 86 valence electrons. The summed E-state index contributed by atoms with van der Waals surface area (Å²) in [6, 6.07) is 19.2. The predicted molar refractivity (Wildman–Crippen MR) is 70.8 cm³/mol. The molecule has 0 aromatic heterocycles. The molecule has 0 saturated heterocycles.